The Kier molecular flexibility index (Phi) is 6.93. The lowest BCUT2D eigenvalue weighted by Crippen LogP contribution is -2.26. The van der Waals surface area contributed by atoms with Gasteiger partial charge in [-0.3, -0.25) is 9.59 Å². The summed E-state index contributed by atoms with van der Waals surface area (Å²) in [5.74, 6) is -1.80. The Hall–Kier alpha value is -1.50. The minimum Gasteiger partial charge on any atom is -0.464 e. The fraction of sp³-hybridized carbons (Fsp3) is 0.467. The highest BCUT2D eigenvalue weighted by atomic mass is 32.2. The Labute approximate surface area is 131 Å². The van der Waals surface area contributed by atoms with Gasteiger partial charge < -0.3 is 4.74 Å². The largest absolute Gasteiger partial charge is 0.464 e. The molecule has 1 rings (SSSR count). The zero-order chi connectivity index (χ0) is 16.8. The predicted octanol–water partition coefficient (Wildman–Crippen LogP) is 3.67. The number of hydrogen-bond donors (Lipinski definition) is 0. The maximum atomic E-state index is 13.0. The number of alkyl halides is 3. The van der Waals surface area contributed by atoms with E-state index in [1.807, 2.05) is 6.92 Å². The maximum absolute atomic E-state index is 13.0. The fourth-order valence-corrected chi connectivity index (χ4v) is 2.44. The molecular weight excluding hydrogens is 317 g/mol. The van der Waals surface area contributed by atoms with Gasteiger partial charge in [-0.25, -0.2) is 0 Å². The first-order valence-corrected chi connectivity index (χ1v) is 7.85. The van der Waals surface area contributed by atoms with Crippen molar-refractivity contribution in [2.75, 3.05) is 18.1 Å². The molecule has 0 aromatic heterocycles. The van der Waals surface area contributed by atoms with Crippen LogP contribution in [0.2, 0.25) is 0 Å². The molecule has 0 amide bonds. The Balaban J connectivity index is 3.02. The molecule has 0 heterocycles. The van der Waals surface area contributed by atoms with Crippen molar-refractivity contribution < 1.29 is 27.5 Å². The molecule has 1 aromatic carbocycles. The molecular formula is C15H17F3O3S. The second-order valence-corrected chi connectivity index (χ2v) is 5.89. The van der Waals surface area contributed by atoms with Crippen LogP contribution in [0.15, 0.2) is 24.3 Å². The van der Waals surface area contributed by atoms with Crippen LogP contribution in [-0.4, -0.2) is 29.9 Å². The minimum atomic E-state index is -4.64. The van der Waals surface area contributed by atoms with E-state index in [4.69, 9.17) is 4.74 Å². The van der Waals surface area contributed by atoms with E-state index >= 15 is 0 Å². The molecule has 0 bridgehead atoms. The van der Waals surface area contributed by atoms with Crippen LogP contribution >= 0.6 is 11.8 Å². The molecule has 22 heavy (non-hydrogen) atoms. The topological polar surface area (TPSA) is 43.4 Å². The standard InChI is InChI=1S/C15H17F3O3S/c1-3-22-9-8-21-14(20)13(10(2)19)11-6-4-5-7-12(11)15(16,17)18/h4-7,13H,3,8-9H2,1-2H3. The molecule has 1 atom stereocenters. The highest BCUT2D eigenvalue weighted by molar-refractivity contribution is 7.99. The summed E-state index contributed by atoms with van der Waals surface area (Å²) in [4.78, 5) is 23.7. The Morgan fingerprint density at radius 3 is 2.45 bits per heavy atom. The molecule has 0 fully saturated rings. The van der Waals surface area contributed by atoms with Gasteiger partial charge in [0.2, 0.25) is 0 Å². The summed E-state index contributed by atoms with van der Waals surface area (Å²) in [7, 11) is 0. The van der Waals surface area contributed by atoms with Crippen LogP contribution < -0.4 is 0 Å². The first kappa shape index (κ1) is 18.5. The molecule has 0 radical (unpaired) electrons. The molecule has 1 aromatic rings. The van der Waals surface area contributed by atoms with E-state index in [1.165, 1.54) is 23.9 Å². The number of halogens is 3. The van der Waals surface area contributed by atoms with Gasteiger partial charge in [-0.05, 0) is 24.3 Å². The number of hydrogen-bond acceptors (Lipinski definition) is 4. The normalized spacial score (nSPS) is 12.8. The smallest absolute Gasteiger partial charge is 0.416 e. The van der Waals surface area contributed by atoms with Crippen LogP contribution in [0.4, 0.5) is 13.2 Å². The van der Waals surface area contributed by atoms with E-state index in [0.29, 0.717) is 5.75 Å². The summed E-state index contributed by atoms with van der Waals surface area (Å²) in [5, 5.41) is 0. The van der Waals surface area contributed by atoms with Crippen molar-refractivity contribution in [2.24, 2.45) is 0 Å². The van der Waals surface area contributed by atoms with Gasteiger partial charge in [-0.15, -0.1) is 0 Å². The number of carbonyl (C=O) groups excluding carboxylic acids is 2. The van der Waals surface area contributed by atoms with Crippen molar-refractivity contribution in [3.05, 3.63) is 35.4 Å². The lowest BCUT2D eigenvalue weighted by molar-refractivity contribution is -0.148. The second kappa shape index (κ2) is 8.22. The van der Waals surface area contributed by atoms with Gasteiger partial charge in [0.05, 0.1) is 5.56 Å². The third-order valence-electron chi connectivity index (χ3n) is 2.90. The fourth-order valence-electron chi connectivity index (χ4n) is 1.95. The summed E-state index contributed by atoms with van der Waals surface area (Å²) in [6.45, 7) is 3.08. The second-order valence-electron chi connectivity index (χ2n) is 4.49. The van der Waals surface area contributed by atoms with Crippen LogP contribution in [0.5, 0.6) is 0 Å². The van der Waals surface area contributed by atoms with Crippen molar-refractivity contribution in [3.8, 4) is 0 Å². The average molecular weight is 334 g/mol. The quantitative estimate of drug-likeness (QED) is 0.433. The van der Waals surface area contributed by atoms with Crippen molar-refractivity contribution in [2.45, 2.75) is 25.9 Å². The summed E-state index contributed by atoms with van der Waals surface area (Å²) >= 11 is 1.53. The van der Waals surface area contributed by atoms with E-state index in [9.17, 15) is 22.8 Å². The number of ether oxygens (including phenoxy) is 1. The van der Waals surface area contributed by atoms with E-state index in [2.05, 4.69) is 0 Å². The molecule has 0 N–H and O–H groups in total. The zero-order valence-electron chi connectivity index (χ0n) is 12.3. The summed E-state index contributed by atoms with van der Waals surface area (Å²) in [6.07, 6.45) is -4.64. The van der Waals surface area contributed by atoms with Crippen LogP contribution in [0.3, 0.4) is 0 Å². The van der Waals surface area contributed by atoms with Gasteiger partial charge in [0.15, 0.2) is 0 Å². The molecule has 0 aliphatic rings. The number of ketones is 1. The van der Waals surface area contributed by atoms with E-state index in [0.717, 1.165) is 24.8 Å². The first-order chi connectivity index (χ1) is 10.3. The van der Waals surface area contributed by atoms with Crippen LogP contribution in [0.25, 0.3) is 0 Å². The van der Waals surface area contributed by atoms with Gasteiger partial charge in [0, 0.05) is 5.75 Å². The Morgan fingerprint density at radius 2 is 1.91 bits per heavy atom. The molecule has 0 saturated heterocycles. The Bertz CT molecular complexity index is 529. The van der Waals surface area contributed by atoms with Gasteiger partial charge in [0.1, 0.15) is 18.3 Å². The number of benzene rings is 1. The van der Waals surface area contributed by atoms with Gasteiger partial charge in [-0.1, -0.05) is 25.1 Å². The lowest BCUT2D eigenvalue weighted by Gasteiger charge is -2.18. The van der Waals surface area contributed by atoms with Crippen molar-refractivity contribution in [1.29, 1.82) is 0 Å². The van der Waals surface area contributed by atoms with Gasteiger partial charge in [0.25, 0.3) is 0 Å². The number of rotatable bonds is 7. The van der Waals surface area contributed by atoms with Gasteiger partial charge in [-0.2, -0.15) is 24.9 Å². The molecule has 0 aliphatic carbocycles. The molecule has 0 aliphatic heterocycles. The van der Waals surface area contributed by atoms with E-state index in [1.54, 1.807) is 0 Å². The van der Waals surface area contributed by atoms with E-state index < -0.39 is 29.4 Å². The maximum Gasteiger partial charge on any atom is 0.416 e. The summed E-state index contributed by atoms with van der Waals surface area (Å²) < 4.78 is 44.0. The number of thioether (sulfide) groups is 1. The molecule has 3 nitrogen and oxygen atoms in total. The molecule has 0 saturated carbocycles. The van der Waals surface area contributed by atoms with Crippen molar-refractivity contribution in [1.82, 2.24) is 0 Å². The lowest BCUT2D eigenvalue weighted by atomic mass is 9.91. The predicted molar refractivity (Wildman–Crippen MR) is 78.8 cm³/mol. The molecule has 122 valence electrons. The third kappa shape index (κ3) is 5.05. The van der Waals surface area contributed by atoms with Crippen LogP contribution in [-0.2, 0) is 20.5 Å². The first-order valence-electron chi connectivity index (χ1n) is 6.70. The van der Waals surface area contributed by atoms with Crippen molar-refractivity contribution >= 4 is 23.5 Å². The monoisotopic (exact) mass is 334 g/mol. The van der Waals surface area contributed by atoms with Gasteiger partial charge >= 0.3 is 12.1 Å². The highest BCUT2D eigenvalue weighted by Crippen LogP contribution is 2.35. The van der Waals surface area contributed by atoms with E-state index in [-0.39, 0.29) is 12.2 Å². The average Bonchev–Trinajstić information content (AvgIpc) is 2.43. The Morgan fingerprint density at radius 1 is 1.27 bits per heavy atom. The summed E-state index contributed by atoms with van der Waals surface area (Å²) in [6, 6.07) is 4.57. The highest BCUT2D eigenvalue weighted by Gasteiger charge is 2.38. The SMILES string of the molecule is CCSCCOC(=O)C(C(C)=O)c1ccccc1C(F)(F)F. The number of esters is 1. The minimum absolute atomic E-state index is 0.0648. The van der Waals surface area contributed by atoms with Crippen LogP contribution in [0, 0.1) is 0 Å². The molecule has 1 unspecified atom stereocenters. The summed E-state index contributed by atoms with van der Waals surface area (Å²) in [5.41, 5.74) is -1.36. The number of Topliss-reactive ketones (excluding diaryl/α,β-unsaturated/α-hetero) is 1. The number of carbonyl (C=O) groups is 2. The third-order valence-corrected chi connectivity index (χ3v) is 3.76. The zero-order valence-corrected chi connectivity index (χ0v) is 13.1. The van der Waals surface area contributed by atoms with Crippen LogP contribution in [0.1, 0.15) is 30.9 Å². The molecule has 0 spiro atoms. The van der Waals surface area contributed by atoms with Crippen molar-refractivity contribution in [3.63, 3.8) is 0 Å². The molecule has 7 heteroatoms.